The number of piperazine rings is 1. The Morgan fingerprint density at radius 3 is 2.65 bits per heavy atom. The molecule has 0 radical (unpaired) electrons. The summed E-state index contributed by atoms with van der Waals surface area (Å²) in [6, 6.07) is 0.419. The van der Waals surface area contributed by atoms with Gasteiger partial charge in [0.15, 0.2) is 0 Å². The van der Waals surface area contributed by atoms with Crippen molar-refractivity contribution < 1.29 is 9.53 Å². The molecule has 116 valence electrons. The highest BCUT2D eigenvalue weighted by atomic mass is 16.5. The molecule has 2 aliphatic heterocycles. The van der Waals surface area contributed by atoms with E-state index in [0.717, 1.165) is 45.6 Å². The van der Waals surface area contributed by atoms with Crippen molar-refractivity contribution in [2.24, 2.45) is 5.73 Å². The van der Waals surface area contributed by atoms with E-state index in [4.69, 9.17) is 10.5 Å². The summed E-state index contributed by atoms with van der Waals surface area (Å²) in [7, 11) is 0. The van der Waals surface area contributed by atoms with Crippen molar-refractivity contribution in [1.29, 1.82) is 0 Å². The predicted molar refractivity (Wildman–Crippen MR) is 79.5 cm³/mol. The second-order valence-corrected chi connectivity index (χ2v) is 6.03. The highest BCUT2D eigenvalue weighted by Crippen LogP contribution is 2.18. The molecule has 0 saturated carbocycles. The van der Waals surface area contributed by atoms with Crippen molar-refractivity contribution >= 4 is 5.91 Å². The number of ether oxygens (including phenoxy) is 1. The van der Waals surface area contributed by atoms with E-state index in [2.05, 4.69) is 11.8 Å². The van der Waals surface area contributed by atoms with Crippen molar-refractivity contribution in [2.45, 2.75) is 51.2 Å². The van der Waals surface area contributed by atoms with Crippen LogP contribution in [0.15, 0.2) is 0 Å². The zero-order valence-electron chi connectivity index (χ0n) is 12.7. The third-order valence-corrected chi connectivity index (χ3v) is 4.59. The largest absolute Gasteiger partial charge is 0.378 e. The lowest BCUT2D eigenvalue weighted by molar-refractivity contribution is -0.134. The second kappa shape index (κ2) is 7.96. The maximum absolute atomic E-state index is 12.2. The summed E-state index contributed by atoms with van der Waals surface area (Å²) < 4.78 is 5.69. The van der Waals surface area contributed by atoms with Crippen LogP contribution < -0.4 is 5.73 Å². The van der Waals surface area contributed by atoms with Crippen molar-refractivity contribution in [2.75, 3.05) is 39.3 Å². The van der Waals surface area contributed by atoms with Crippen LogP contribution in [0.2, 0.25) is 0 Å². The first kappa shape index (κ1) is 15.7. The standard InChI is InChI=1S/C15H29N3O2/c1-13(12-16)17-7-9-18(10-8-17)15(19)6-5-14-4-2-3-11-20-14/h13-14H,2-12,16H2,1H3. The van der Waals surface area contributed by atoms with Gasteiger partial charge in [-0.05, 0) is 32.6 Å². The summed E-state index contributed by atoms with van der Waals surface area (Å²) in [5.41, 5.74) is 5.69. The predicted octanol–water partition coefficient (Wildman–Crippen LogP) is 0.827. The van der Waals surface area contributed by atoms with Crippen LogP contribution in [0.3, 0.4) is 0 Å². The number of hydrogen-bond donors (Lipinski definition) is 1. The number of carbonyl (C=O) groups is 1. The number of hydrogen-bond acceptors (Lipinski definition) is 4. The number of carbonyl (C=O) groups excluding carboxylic acids is 1. The molecule has 0 aromatic rings. The second-order valence-electron chi connectivity index (χ2n) is 6.03. The number of amides is 1. The molecule has 1 amide bonds. The van der Waals surface area contributed by atoms with Crippen LogP contribution in [0.4, 0.5) is 0 Å². The first-order valence-corrected chi connectivity index (χ1v) is 8.04. The molecule has 0 aromatic heterocycles. The molecular formula is C15H29N3O2. The minimum atomic E-state index is 0.291. The fraction of sp³-hybridized carbons (Fsp3) is 0.933. The summed E-state index contributed by atoms with van der Waals surface area (Å²) in [4.78, 5) is 16.6. The van der Waals surface area contributed by atoms with Gasteiger partial charge in [-0.25, -0.2) is 0 Å². The van der Waals surface area contributed by atoms with E-state index in [1.54, 1.807) is 0 Å². The van der Waals surface area contributed by atoms with E-state index in [0.29, 0.717) is 31.0 Å². The Bertz CT molecular complexity index is 297. The van der Waals surface area contributed by atoms with Crippen LogP contribution in [-0.4, -0.2) is 67.2 Å². The summed E-state index contributed by atoms with van der Waals surface area (Å²) in [6.07, 6.45) is 5.37. The molecule has 2 atom stereocenters. The van der Waals surface area contributed by atoms with Gasteiger partial charge in [-0.3, -0.25) is 9.69 Å². The van der Waals surface area contributed by atoms with Crippen molar-refractivity contribution in [3.05, 3.63) is 0 Å². The molecule has 2 N–H and O–H groups in total. The molecule has 20 heavy (non-hydrogen) atoms. The first-order chi connectivity index (χ1) is 9.70. The van der Waals surface area contributed by atoms with E-state index >= 15 is 0 Å². The van der Waals surface area contributed by atoms with Crippen LogP contribution >= 0.6 is 0 Å². The SMILES string of the molecule is CC(CN)N1CCN(C(=O)CCC2CCCCO2)CC1. The quantitative estimate of drug-likeness (QED) is 0.812. The van der Waals surface area contributed by atoms with Gasteiger partial charge in [0.05, 0.1) is 6.10 Å². The Hall–Kier alpha value is -0.650. The molecule has 2 aliphatic rings. The Morgan fingerprint density at radius 1 is 1.30 bits per heavy atom. The Morgan fingerprint density at radius 2 is 2.05 bits per heavy atom. The van der Waals surface area contributed by atoms with E-state index in [-0.39, 0.29) is 0 Å². The minimum Gasteiger partial charge on any atom is -0.378 e. The van der Waals surface area contributed by atoms with Gasteiger partial charge in [-0.2, -0.15) is 0 Å². The third kappa shape index (κ3) is 4.43. The smallest absolute Gasteiger partial charge is 0.222 e. The molecule has 0 aromatic carbocycles. The third-order valence-electron chi connectivity index (χ3n) is 4.59. The van der Waals surface area contributed by atoms with Crippen LogP contribution in [0.5, 0.6) is 0 Å². The maximum Gasteiger partial charge on any atom is 0.222 e. The van der Waals surface area contributed by atoms with Crippen molar-refractivity contribution in [3.63, 3.8) is 0 Å². The summed E-state index contributed by atoms with van der Waals surface area (Å²) in [5.74, 6) is 0.291. The highest BCUT2D eigenvalue weighted by Gasteiger charge is 2.24. The Kier molecular flexibility index (Phi) is 6.26. The Balaban J connectivity index is 1.66. The van der Waals surface area contributed by atoms with Crippen molar-refractivity contribution in [1.82, 2.24) is 9.80 Å². The molecule has 2 heterocycles. The van der Waals surface area contributed by atoms with E-state index < -0.39 is 0 Å². The minimum absolute atomic E-state index is 0.291. The lowest BCUT2D eigenvalue weighted by Crippen LogP contribution is -2.52. The normalized spacial score (nSPS) is 26.5. The molecule has 2 rings (SSSR count). The number of nitrogens with zero attached hydrogens (tertiary/aromatic N) is 2. The molecule has 0 aliphatic carbocycles. The maximum atomic E-state index is 12.2. The average Bonchev–Trinajstić information content (AvgIpc) is 2.53. The number of rotatable bonds is 5. The molecule has 2 saturated heterocycles. The number of nitrogens with two attached hydrogens (primary N) is 1. The average molecular weight is 283 g/mol. The zero-order valence-corrected chi connectivity index (χ0v) is 12.7. The van der Waals surface area contributed by atoms with Gasteiger partial charge >= 0.3 is 0 Å². The molecule has 5 heteroatoms. The van der Waals surface area contributed by atoms with E-state index in [9.17, 15) is 4.79 Å². The summed E-state index contributed by atoms with van der Waals surface area (Å²) in [5, 5.41) is 0. The van der Waals surface area contributed by atoms with Gasteiger partial charge in [0.25, 0.3) is 0 Å². The van der Waals surface area contributed by atoms with Gasteiger partial charge < -0.3 is 15.4 Å². The zero-order chi connectivity index (χ0) is 14.4. The van der Waals surface area contributed by atoms with Crippen LogP contribution in [-0.2, 0) is 9.53 Å². The van der Waals surface area contributed by atoms with Gasteiger partial charge in [0.2, 0.25) is 5.91 Å². The lowest BCUT2D eigenvalue weighted by atomic mass is 10.0. The van der Waals surface area contributed by atoms with Crippen LogP contribution in [0.1, 0.15) is 39.0 Å². The van der Waals surface area contributed by atoms with Crippen molar-refractivity contribution in [3.8, 4) is 0 Å². The topological polar surface area (TPSA) is 58.8 Å². The van der Waals surface area contributed by atoms with Gasteiger partial charge in [-0.15, -0.1) is 0 Å². The Labute approximate surface area is 122 Å². The lowest BCUT2D eigenvalue weighted by Gasteiger charge is -2.38. The van der Waals surface area contributed by atoms with E-state index in [1.807, 2.05) is 4.90 Å². The summed E-state index contributed by atoms with van der Waals surface area (Å²) in [6.45, 7) is 7.29. The van der Waals surface area contributed by atoms with Crippen LogP contribution in [0.25, 0.3) is 0 Å². The monoisotopic (exact) mass is 283 g/mol. The fourth-order valence-electron chi connectivity index (χ4n) is 3.04. The molecule has 2 fully saturated rings. The van der Waals surface area contributed by atoms with Gasteiger partial charge in [0, 0.05) is 51.8 Å². The van der Waals surface area contributed by atoms with Gasteiger partial charge in [0.1, 0.15) is 0 Å². The van der Waals surface area contributed by atoms with Gasteiger partial charge in [-0.1, -0.05) is 0 Å². The first-order valence-electron chi connectivity index (χ1n) is 8.04. The summed E-state index contributed by atoms with van der Waals surface area (Å²) >= 11 is 0. The highest BCUT2D eigenvalue weighted by molar-refractivity contribution is 5.76. The molecule has 0 bridgehead atoms. The molecule has 0 spiro atoms. The van der Waals surface area contributed by atoms with Crippen LogP contribution in [0, 0.1) is 0 Å². The fourth-order valence-corrected chi connectivity index (χ4v) is 3.04. The molecule has 2 unspecified atom stereocenters. The molecule has 5 nitrogen and oxygen atoms in total. The molecular weight excluding hydrogens is 254 g/mol. The van der Waals surface area contributed by atoms with E-state index in [1.165, 1.54) is 12.8 Å².